The van der Waals surface area contributed by atoms with Crippen LogP contribution in [0.2, 0.25) is 0 Å². The molecular formula is C18H32F3IN6O. The maximum Gasteiger partial charge on any atom is 0.419 e. The lowest BCUT2D eigenvalue weighted by Gasteiger charge is -2.16. The largest absolute Gasteiger partial charge is 0.419 e. The Morgan fingerprint density at radius 2 is 2.00 bits per heavy atom. The highest BCUT2D eigenvalue weighted by Crippen LogP contribution is 2.33. The first-order valence-electron chi connectivity index (χ1n) is 9.34. The average Bonchev–Trinajstić information content (AvgIpc) is 2.65. The molecule has 0 aliphatic heterocycles. The number of hydrogen-bond acceptors (Lipinski definition) is 5. The van der Waals surface area contributed by atoms with Crippen molar-refractivity contribution < 1.29 is 17.9 Å². The third kappa shape index (κ3) is 12.1. The van der Waals surface area contributed by atoms with Crippen LogP contribution in [0.5, 0.6) is 0 Å². The molecule has 0 saturated carbocycles. The van der Waals surface area contributed by atoms with E-state index in [1.54, 1.807) is 7.11 Å². The number of hydrogen-bond donors (Lipinski definition) is 3. The van der Waals surface area contributed by atoms with Gasteiger partial charge >= 0.3 is 6.18 Å². The van der Waals surface area contributed by atoms with Crippen molar-refractivity contribution in [3.8, 4) is 0 Å². The zero-order chi connectivity index (χ0) is 20.8. The molecule has 1 heterocycles. The fourth-order valence-corrected chi connectivity index (χ4v) is 2.40. The molecule has 0 spiro atoms. The Kier molecular flexibility index (Phi) is 14.8. The number of anilines is 1. The van der Waals surface area contributed by atoms with E-state index in [2.05, 4.69) is 30.8 Å². The molecule has 29 heavy (non-hydrogen) atoms. The van der Waals surface area contributed by atoms with E-state index in [1.807, 2.05) is 14.0 Å². The van der Waals surface area contributed by atoms with Crippen LogP contribution in [-0.2, 0) is 10.9 Å². The Morgan fingerprint density at radius 1 is 1.24 bits per heavy atom. The molecule has 0 amide bonds. The molecule has 0 aliphatic carbocycles. The number of likely N-dealkylation sites (N-methyl/N-ethyl adjacent to an activating group) is 1. The van der Waals surface area contributed by atoms with Gasteiger partial charge < -0.3 is 25.6 Å². The highest BCUT2D eigenvalue weighted by Gasteiger charge is 2.33. The Labute approximate surface area is 187 Å². The van der Waals surface area contributed by atoms with Crippen LogP contribution in [0.25, 0.3) is 0 Å². The molecule has 0 fully saturated rings. The smallest absolute Gasteiger partial charge is 0.385 e. The average molecular weight is 532 g/mol. The van der Waals surface area contributed by atoms with Crippen LogP contribution >= 0.6 is 24.0 Å². The molecular weight excluding hydrogens is 500 g/mol. The molecule has 1 rings (SSSR count). The molecule has 0 aliphatic rings. The Bertz CT molecular complexity index is 589. The number of halogens is 4. The Morgan fingerprint density at radius 3 is 2.66 bits per heavy atom. The molecule has 0 bridgehead atoms. The van der Waals surface area contributed by atoms with Crippen LogP contribution in [0.15, 0.2) is 23.3 Å². The summed E-state index contributed by atoms with van der Waals surface area (Å²) in [5.41, 5.74) is -0.771. The molecule has 11 heteroatoms. The summed E-state index contributed by atoms with van der Waals surface area (Å²) in [6, 6.07) is 2.28. The maximum atomic E-state index is 13.0. The number of pyridine rings is 1. The Hall–Kier alpha value is -1.34. The summed E-state index contributed by atoms with van der Waals surface area (Å²) in [4.78, 5) is 10.4. The second-order valence-corrected chi connectivity index (χ2v) is 6.16. The van der Waals surface area contributed by atoms with Gasteiger partial charge in [0.05, 0.1) is 12.1 Å². The van der Waals surface area contributed by atoms with Gasteiger partial charge in [0.2, 0.25) is 0 Å². The number of methoxy groups -OCH3 is 1. The first kappa shape index (κ1) is 27.7. The third-order valence-electron chi connectivity index (χ3n) is 3.81. The molecule has 1 aromatic heterocycles. The lowest BCUT2D eigenvalue weighted by atomic mass is 10.2. The van der Waals surface area contributed by atoms with E-state index in [9.17, 15) is 13.2 Å². The number of nitrogens with one attached hydrogen (secondary N) is 3. The van der Waals surface area contributed by atoms with Crippen LogP contribution < -0.4 is 16.0 Å². The Balaban J connectivity index is 0.00000784. The molecule has 0 aromatic carbocycles. The summed E-state index contributed by atoms with van der Waals surface area (Å²) in [5.74, 6) is 0.461. The number of alkyl halides is 3. The fourth-order valence-electron chi connectivity index (χ4n) is 2.40. The van der Waals surface area contributed by atoms with Crippen molar-refractivity contribution in [1.29, 1.82) is 0 Å². The van der Waals surface area contributed by atoms with Gasteiger partial charge in [-0.15, -0.1) is 24.0 Å². The van der Waals surface area contributed by atoms with Gasteiger partial charge in [-0.05, 0) is 32.5 Å². The van der Waals surface area contributed by atoms with Crippen LogP contribution in [0.3, 0.4) is 0 Å². The zero-order valence-corrected chi connectivity index (χ0v) is 19.5. The molecule has 1 aromatic rings. The SMILES string of the molecule is CCNC(=NCCN(C)CCCOC)NCCNc1ncccc1C(F)(F)F.I. The lowest BCUT2D eigenvalue weighted by molar-refractivity contribution is -0.137. The van der Waals surface area contributed by atoms with E-state index >= 15 is 0 Å². The molecule has 168 valence electrons. The predicted molar refractivity (Wildman–Crippen MR) is 121 cm³/mol. The van der Waals surface area contributed by atoms with E-state index in [0.29, 0.717) is 25.6 Å². The highest BCUT2D eigenvalue weighted by molar-refractivity contribution is 14.0. The van der Waals surface area contributed by atoms with Gasteiger partial charge in [0.15, 0.2) is 5.96 Å². The number of ether oxygens (including phenoxy) is 1. The summed E-state index contributed by atoms with van der Waals surface area (Å²) >= 11 is 0. The number of aromatic nitrogens is 1. The quantitative estimate of drug-likeness (QED) is 0.167. The van der Waals surface area contributed by atoms with E-state index in [-0.39, 0.29) is 36.3 Å². The van der Waals surface area contributed by atoms with Gasteiger partial charge in [-0.3, -0.25) is 4.99 Å². The van der Waals surface area contributed by atoms with E-state index < -0.39 is 11.7 Å². The summed E-state index contributed by atoms with van der Waals surface area (Å²) in [7, 11) is 3.71. The third-order valence-corrected chi connectivity index (χ3v) is 3.81. The number of nitrogens with zero attached hydrogens (tertiary/aromatic N) is 3. The summed E-state index contributed by atoms with van der Waals surface area (Å²) in [6.45, 7) is 6.42. The minimum absolute atomic E-state index is 0. The first-order valence-corrected chi connectivity index (χ1v) is 9.34. The number of guanidine groups is 1. The van der Waals surface area contributed by atoms with Crippen LogP contribution in [0.4, 0.5) is 19.0 Å². The van der Waals surface area contributed by atoms with Crippen LogP contribution in [-0.4, -0.2) is 75.9 Å². The number of rotatable bonds is 12. The van der Waals surface area contributed by atoms with Gasteiger partial charge in [0.1, 0.15) is 5.82 Å². The standard InChI is InChI=1S/C18H31F3N6O.HI/c1-4-22-17(26-11-13-27(2)12-6-14-28-3)25-10-9-24-16-15(18(19,20)21)7-5-8-23-16;/h5,7-8H,4,6,9-14H2,1-3H3,(H,23,24)(H2,22,25,26);1H. The van der Waals surface area contributed by atoms with Crippen molar-refractivity contribution in [3.63, 3.8) is 0 Å². The van der Waals surface area contributed by atoms with Gasteiger partial charge in [0, 0.05) is 52.6 Å². The van der Waals surface area contributed by atoms with E-state index in [1.165, 1.54) is 12.3 Å². The molecule has 7 nitrogen and oxygen atoms in total. The topological polar surface area (TPSA) is 73.8 Å². The lowest BCUT2D eigenvalue weighted by Crippen LogP contribution is -2.40. The van der Waals surface area contributed by atoms with Crippen molar-refractivity contribution in [3.05, 3.63) is 23.9 Å². The zero-order valence-electron chi connectivity index (χ0n) is 17.2. The van der Waals surface area contributed by atoms with Crippen LogP contribution in [0.1, 0.15) is 18.9 Å². The summed E-state index contributed by atoms with van der Waals surface area (Å²) in [6.07, 6.45) is -2.14. The first-order chi connectivity index (χ1) is 13.4. The second-order valence-electron chi connectivity index (χ2n) is 6.16. The molecule has 0 saturated heterocycles. The predicted octanol–water partition coefficient (Wildman–Crippen LogP) is 2.65. The monoisotopic (exact) mass is 532 g/mol. The van der Waals surface area contributed by atoms with Crippen molar-refractivity contribution in [1.82, 2.24) is 20.5 Å². The van der Waals surface area contributed by atoms with Crippen molar-refractivity contribution in [2.24, 2.45) is 4.99 Å². The summed E-state index contributed by atoms with van der Waals surface area (Å²) < 4.78 is 43.9. The highest BCUT2D eigenvalue weighted by atomic mass is 127. The van der Waals surface area contributed by atoms with E-state index in [4.69, 9.17) is 4.74 Å². The van der Waals surface area contributed by atoms with Gasteiger partial charge in [-0.25, -0.2) is 4.98 Å². The molecule has 3 N–H and O–H groups in total. The maximum absolute atomic E-state index is 13.0. The van der Waals surface area contributed by atoms with Gasteiger partial charge in [0.25, 0.3) is 0 Å². The van der Waals surface area contributed by atoms with Crippen molar-refractivity contribution in [2.75, 3.05) is 65.3 Å². The van der Waals surface area contributed by atoms with Gasteiger partial charge in [-0.2, -0.15) is 13.2 Å². The molecule has 0 radical (unpaired) electrons. The van der Waals surface area contributed by atoms with Gasteiger partial charge in [-0.1, -0.05) is 0 Å². The summed E-state index contributed by atoms with van der Waals surface area (Å²) in [5, 5.41) is 8.95. The van der Waals surface area contributed by atoms with E-state index in [0.717, 1.165) is 32.2 Å². The normalized spacial score (nSPS) is 11.9. The molecule has 0 atom stereocenters. The minimum Gasteiger partial charge on any atom is -0.385 e. The number of aliphatic imine (C=N–C) groups is 1. The van der Waals surface area contributed by atoms with Crippen LogP contribution in [0, 0.1) is 0 Å². The second kappa shape index (κ2) is 15.5. The van der Waals surface area contributed by atoms with Crippen molar-refractivity contribution in [2.45, 2.75) is 19.5 Å². The fraction of sp³-hybridized carbons (Fsp3) is 0.667. The molecule has 0 unspecified atom stereocenters. The minimum atomic E-state index is -4.43. The van der Waals surface area contributed by atoms with Crippen molar-refractivity contribution >= 4 is 35.8 Å².